The molecule has 6 nitrogen and oxygen atoms in total. The lowest BCUT2D eigenvalue weighted by molar-refractivity contribution is -0.119. The quantitative estimate of drug-likeness (QED) is 0.269. The summed E-state index contributed by atoms with van der Waals surface area (Å²) in [4.78, 5) is 12.9. The van der Waals surface area contributed by atoms with Gasteiger partial charge in [0.1, 0.15) is 6.54 Å². The van der Waals surface area contributed by atoms with Crippen LogP contribution in [0.4, 0.5) is 5.69 Å². The van der Waals surface area contributed by atoms with Gasteiger partial charge in [0, 0.05) is 5.71 Å². The lowest BCUT2D eigenvalue weighted by atomic mass is 9.80. The van der Waals surface area contributed by atoms with E-state index in [4.69, 9.17) is 23.2 Å². The second-order valence-electron chi connectivity index (χ2n) is 8.71. The predicted molar refractivity (Wildman–Crippen MR) is 143 cm³/mol. The first-order valence-corrected chi connectivity index (χ1v) is 13.1. The molecular weight excluding hydrogens is 505 g/mol. The number of nitrogens with one attached hydrogen (secondary N) is 1. The molecule has 35 heavy (non-hydrogen) atoms. The number of carbonyl (C=O) groups is 1. The second-order valence-corrected chi connectivity index (χ2v) is 11.4. The molecule has 3 aromatic rings. The van der Waals surface area contributed by atoms with Gasteiger partial charge < -0.3 is 0 Å². The molecule has 0 atom stereocenters. The van der Waals surface area contributed by atoms with E-state index in [1.54, 1.807) is 30.3 Å². The fraction of sp³-hybridized carbons (Fsp3) is 0.231. The van der Waals surface area contributed by atoms with Gasteiger partial charge in [-0.2, -0.15) is 5.10 Å². The third kappa shape index (κ3) is 6.63. The highest BCUT2D eigenvalue weighted by Gasteiger charge is 2.29. The van der Waals surface area contributed by atoms with Crippen LogP contribution in [0.5, 0.6) is 0 Å². The highest BCUT2D eigenvalue weighted by Crippen LogP contribution is 2.35. The second kappa shape index (κ2) is 11.2. The fourth-order valence-electron chi connectivity index (χ4n) is 3.70. The van der Waals surface area contributed by atoms with Crippen LogP contribution in [0, 0.1) is 0 Å². The maximum atomic E-state index is 13.4. The first kappa shape index (κ1) is 26.7. The Morgan fingerprint density at radius 3 is 2.17 bits per heavy atom. The summed E-state index contributed by atoms with van der Waals surface area (Å²) in [6.45, 7) is 5.48. The van der Waals surface area contributed by atoms with Crippen LogP contribution in [0.2, 0.25) is 10.0 Å². The van der Waals surface area contributed by atoms with Gasteiger partial charge in [-0.05, 0) is 48.6 Å². The summed E-state index contributed by atoms with van der Waals surface area (Å²) in [5, 5.41) is 4.42. The van der Waals surface area contributed by atoms with Crippen LogP contribution < -0.4 is 9.73 Å². The number of rotatable bonds is 9. The molecule has 0 aromatic heterocycles. The van der Waals surface area contributed by atoms with E-state index in [1.165, 1.54) is 18.2 Å². The molecule has 0 spiro atoms. The van der Waals surface area contributed by atoms with Gasteiger partial charge in [-0.25, -0.2) is 13.8 Å². The lowest BCUT2D eigenvalue weighted by Gasteiger charge is -2.26. The Bertz CT molecular complexity index is 1310. The molecule has 0 heterocycles. The number of anilines is 1. The maximum Gasteiger partial charge on any atom is 0.264 e. The standard InChI is InChI=1S/C26H27Cl2N3O3S/c1-19(17-26(2,3)20-11-6-4-7-12-20)29-30-24(32)18-31(23-16-10-15-22(27)25(23)28)35(33,34)21-13-8-5-9-14-21/h4-16H,17-18H2,1-3H3,(H,30,32)/b29-19-. The Labute approximate surface area is 216 Å². The molecule has 3 aromatic carbocycles. The summed E-state index contributed by atoms with van der Waals surface area (Å²) >= 11 is 12.5. The molecule has 3 rings (SSSR count). The number of carbonyl (C=O) groups excluding carboxylic acids is 1. The third-order valence-corrected chi connectivity index (χ3v) is 8.03. The summed E-state index contributed by atoms with van der Waals surface area (Å²) in [5.41, 5.74) is 4.23. The van der Waals surface area contributed by atoms with E-state index >= 15 is 0 Å². The van der Waals surface area contributed by atoms with Crippen molar-refractivity contribution in [3.63, 3.8) is 0 Å². The van der Waals surface area contributed by atoms with E-state index in [-0.39, 0.29) is 26.0 Å². The molecule has 1 amide bonds. The van der Waals surface area contributed by atoms with E-state index in [1.807, 2.05) is 37.3 Å². The van der Waals surface area contributed by atoms with Gasteiger partial charge in [-0.3, -0.25) is 9.10 Å². The first-order valence-electron chi connectivity index (χ1n) is 10.9. The van der Waals surface area contributed by atoms with Gasteiger partial charge in [0.15, 0.2) is 0 Å². The fourth-order valence-corrected chi connectivity index (χ4v) is 5.60. The smallest absolute Gasteiger partial charge is 0.264 e. The van der Waals surface area contributed by atoms with Gasteiger partial charge in [-0.15, -0.1) is 0 Å². The normalized spacial score (nSPS) is 12.3. The Morgan fingerprint density at radius 1 is 0.943 bits per heavy atom. The monoisotopic (exact) mass is 531 g/mol. The van der Waals surface area contributed by atoms with Crippen molar-refractivity contribution in [3.8, 4) is 0 Å². The molecule has 0 fully saturated rings. The summed E-state index contributed by atoms with van der Waals surface area (Å²) in [7, 11) is -4.11. The van der Waals surface area contributed by atoms with E-state index in [0.717, 1.165) is 9.87 Å². The van der Waals surface area contributed by atoms with Gasteiger partial charge >= 0.3 is 0 Å². The number of hydrazone groups is 1. The molecular formula is C26H27Cl2N3O3S. The van der Waals surface area contributed by atoms with Gasteiger partial charge in [0.05, 0.1) is 20.6 Å². The number of hydrogen-bond acceptors (Lipinski definition) is 4. The van der Waals surface area contributed by atoms with Crippen LogP contribution in [0.1, 0.15) is 32.8 Å². The van der Waals surface area contributed by atoms with Crippen molar-refractivity contribution < 1.29 is 13.2 Å². The van der Waals surface area contributed by atoms with Crippen LogP contribution in [0.15, 0.2) is 88.9 Å². The van der Waals surface area contributed by atoms with Crippen molar-refractivity contribution in [2.75, 3.05) is 10.8 Å². The average Bonchev–Trinajstić information content (AvgIpc) is 2.84. The summed E-state index contributed by atoms with van der Waals surface area (Å²) in [5.74, 6) is -0.614. The Balaban J connectivity index is 1.83. The molecule has 0 bridgehead atoms. The highest BCUT2D eigenvalue weighted by atomic mass is 35.5. The predicted octanol–water partition coefficient (Wildman–Crippen LogP) is 6.05. The number of sulfonamides is 1. The average molecular weight is 532 g/mol. The zero-order valence-corrected chi connectivity index (χ0v) is 22.0. The van der Waals surface area contributed by atoms with Crippen LogP contribution in [0.25, 0.3) is 0 Å². The Kier molecular flexibility index (Phi) is 8.59. The van der Waals surface area contributed by atoms with E-state index in [9.17, 15) is 13.2 Å². The van der Waals surface area contributed by atoms with Crippen molar-refractivity contribution in [2.24, 2.45) is 5.10 Å². The van der Waals surface area contributed by atoms with E-state index < -0.39 is 22.5 Å². The first-order chi connectivity index (χ1) is 16.5. The molecule has 184 valence electrons. The van der Waals surface area contributed by atoms with Gasteiger partial charge in [0.2, 0.25) is 0 Å². The van der Waals surface area contributed by atoms with Crippen LogP contribution in [0.3, 0.4) is 0 Å². The van der Waals surface area contributed by atoms with Crippen molar-refractivity contribution in [1.82, 2.24) is 5.43 Å². The Morgan fingerprint density at radius 2 is 1.54 bits per heavy atom. The number of benzene rings is 3. The van der Waals surface area contributed by atoms with Crippen LogP contribution >= 0.6 is 23.2 Å². The maximum absolute atomic E-state index is 13.4. The third-order valence-electron chi connectivity index (χ3n) is 5.44. The summed E-state index contributed by atoms with van der Waals surface area (Å²) in [6, 6.07) is 22.4. The molecule has 0 aliphatic rings. The van der Waals surface area contributed by atoms with Crippen LogP contribution in [-0.4, -0.2) is 26.6 Å². The highest BCUT2D eigenvalue weighted by molar-refractivity contribution is 7.92. The van der Waals surface area contributed by atoms with Gasteiger partial charge in [0.25, 0.3) is 15.9 Å². The lowest BCUT2D eigenvalue weighted by Crippen LogP contribution is -2.40. The minimum absolute atomic E-state index is 0.0214. The number of hydrogen-bond donors (Lipinski definition) is 1. The minimum Gasteiger partial charge on any atom is -0.271 e. The van der Waals surface area contributed by atoms with Crippen molar-refractivity contribution in [1.29, 1.82) is 0 Å². The largest absolute Gasteiger partial charge is 0.271 e. The Hall–Kier alpha value is -2.87. The molecule has 0 radical (unpaired) electrons. The van der Waals surface area contributed by atoms with Crippen molar-refractivity contribution in [3.05, 3.63) is 94.5 Å². The summed E-state index contributed by atoms with van der Waals surface area (Å²) in [6.07, 6.45) is 0.601. The molecule has 0 unspecified atom stereocenters. The molecule has 1 N–H and O–H groups in total. The number of nitrogens with zero attached hydrogens (tertiary/aromatic N) is 2. The zero-order valence-electron chi connectivity index (χ0n) is 19.7. The minimum atomic E-state index is -4.11. The number of amides is 1. The molecule has 0 aliphatic heterocycles. The molecule has 0 aliphatic carbocycles. The molecule has 0 saturated carbocycles. The van der Waals surface area contributed by atoms with Crippen LogP contribution in [-0.2, 0) is 20.2 Å². The zero-order chi connectivity index (χ0) is 25.6. The van der Waals surface area contributed by atoms with Crippen molar-refractivity contribution in [2.45, 2.75) is 37.5 Å². The number of halogens is 2. The topological polar surface area (TPSA) is 78.8 Å². The van der Waals surface area contributed by atoms with E-state index in [0.29, 0.717) is 12.1 Å². The van der Waals surface area contributed by atoms with E-state index in [2.05, 4.69) is 24.4 Å². The van der Waals surface area contributed by atoms with Crippen molar-refractivity contribution >= 4 is 50.5 Å². The van der Waals surface area contributed by atoms with Gasteiger partial charge in [-0.1, -0.05) is 91.6 Å². The summed E-state index contributed by atoms with van der Waals surface area (Å²) < 4.78 is 27.8. The molecule has 9 heteroatoms. The molecule has 0 saturated heterocycles. The SMILES string of the molecule is C/C(CC(C)(C)c1ccccc1)=N/NC(=O)CN(c1cccc(Cl)c1Cl)S(=O)(=O)c1ccccc1.